The molecule has 0 spiro atoms. The highest BCUT2D eigenvalue weighted by Crippen LogP contribution is 2.56. The third-order valence-electron chi connectivity index (χ3n) is 5.02. The highest BCUT2D eigenvalue weighted by Gasteiger charge is 2.50. The average molecular weight is 632 g/mol. The normalized spacial score (nSPS) is 15.4. The highest BCUT2D eigenvalue weighted by molar-refractivity contribution is 14.1. The number of phenols is 5. The summed E-state index contributed by atoms with van der Waals surface area (Å²) in [5.41, 5.74) is -2.16. The zero-order valence-electron chi connectivity index (χ0n) is 18.1. The summed E-state index contributed by atoms with van der Waals surface area (Å²) in [6.07, 6.45) is -2.83. The van der Waals surface area contributed by atoms with Crippen LogP contribution in [0.2, 0.25) is 0 Å². The number of aromatic hydroxyl groups is 5. The number of hydrogen-bond acceptors (Lipinski definition) is 15. The molecule has 0 heterocycles. The first-order valence-corrected chi connectivity index (χ1v) is 11.1. The molecule has 2 atom stereocenters. The second kappa shape index (κ2) is 10.2. The number of ether oxygens (including phenoxy) is 1. The molecule has 2 aromatic carbocycles. The SMILES string of the molecule is Oc1c(O)c(O)c(C(O)(CC(O)(O)C(I)CCC(O)(O)O)Oc2ccccc2C(O)(O)O)c(O)c1O. The van der Waals surface area contributed by atoms with Gasteiger partial charge in [-0.2, -0.15) is 0 Å². The first kappa shape index (κ1) is 29.8. The summed E-state index contributed by atoms with van der Waals surface area (Å²) in [5.74, 6) is -21.5. The number of rotatable bonds is 10. The minimum absolute atomic E-state index is 0.527. The van der Waals surface area contributed by atoms with Gasteiger partial charge < -0.3 is 76.2 Å². The molecule has 0 aliphatic heterocycles. The van der Waals surface area contributed by atoms with Gasteiger partial charge in [-0.15, -0.1) is 0 Å². The van der Waals surface area contributed by atoms with Crippen LogP contribution in [0.15, 0.2) is 24.3 Å². The Balaban J connectivity index is 2.71. The topological polar surface area (TPSA) is 292 Å². The minimum atomic E-state index is -3.57. The number of aliphatic hydroxyl groups is 9. The van der Waals surface area contributed by atoms with E-state index in [1.165, 1.54) is 34.7 Å². The van der Waals surface area contributed by atoms with Crippen LogP contribution < -0.4 is 4.74 Å². The first-order valence-electron chi connectivity index (χ1n) is 9.84. The molecule has 2 unspecified atom stereocenters. The van der Waals surface area contributed by atoms with Gasteiger partial charge in [0.1, 0.15) is 11.3 Å². The molecule has 14 N–H and O–H groups in total. The van der Waals surface area contributed by atoms with E-state index in [0.717, 1.165) is 12.1 Å². The molecule has 0 fully saturated rings. The van der Waals surface area contributed by atoms with Crippen molar-refractivity contribution >= 4 is 22.6 Å². The number of hydrogen-bond donors (Lipinski definition) is 14. The second-order valence-electron chi connectivity index (χ2n) is 7.97. The van der Waals surface area contributed by atoms with E-state index in [-0.39, 0.29) is 0 Å². The van der Waals surface area contributed by atoms with Crippen molar-refractivity contribution < 1.29 is 76.2 Å². The molecule has 0 aliphatic carbocycles. The van der Waals surface area contributed by atoms with Crippen LogP contribution >= 0.6 is 22.6 Å². The maximum absolute atomic E-state index is 11.4. The maximum Gasteiger partial charge on any atom is 0.308 e. The third-order valence-corrected chi connectivity index (χ3v) is 6.64. The summed E-state index contributed by atoms with van der Waals surface area (Å²) in [4.78, 5) is 0. The first-order chi connectivity index (χ1) is 16.2. The molecule has 0 bridgehead atoms. The molecule has 0 saturated carbocycles. The Hall–Kier alpha value is -2.39. The highest BCUT2D eigenvalue weighted by atomic mass is 127. The van der Waals surface area contributed by atoms with Gasteiger partial charge in [-0.1, -0.05) is 34.7 Å². The third kappa shape index (κ3) is 6.48. The molecule has 0 aromatic heterocycles. The summed E-state index contributed by atoms with van der Waals surface area (Å²) >= 11 is 1.39. The Morgan fingerprint density at radius 2 is 1.19 bits per heavy atom. The Labute approximate surface area is 215 Å². The quantitative estimate of drug-likeness (QED) is 0.0435. The molecule has 202 valence electrons. The largest absolute Gasteiger partial charge is 0.504 e. The molecule has 0 radical (unpaired) electrons. The lowest BCUT2D eigenvalue weighted by molar-refractivity contribution is -0.325. The Kier molecular flexibility index (Phi) is 8.43. The van der Waals surface area contributed by atoms with Crippen LogP contribution in [0.4, 0.5) is 0 Å². The molecule has 0 aliphatic rings. The van der Waals surface area contributed by atoms with Crippen LogP contribution in [-0.2, 0) is 11.8 Å². The second-order valence-corrected chi connectivity index (χ2v) is 9.48. The van der Waals surface area contributed by atoms with Gasteiger partial charge in [0.25, 0.3) is 5.97 Å². The number of phenolic OH excluding ortho intramolecular Hbond substituents is 5. The minimum Gasteiger partial charge on any atom is -0.504 e. The van der Waals surface area contributed by atoms with Crippen molar-refractivity contribution in [3.8, 4) is 34.5 Å². The van der Waals surface area contributed by atoms with Gasteiger partial charge in [0.15, 0.2) is 17.3 Å². The molecular weight excluding hydrogens is 607 g/mol. The summed E-state index contributed by atoms with van der Waals surface area (Å²) in [7, 11) is 0. The fraction of sp³-hybridized carbons (Fsp3) is 0.400. The Bertz CT molecular complexity index is 1060. The van der Waals surface area contributed by atoms with E-state index in [1.54, 1.807) is 0 Å². The zero-order valence-corrected chi connectivity index (χ0v) is 20.2. The van der Waals surface area contributed by atoms with Crippen LogP contribution in [0.1, 0.15) is 30.4 Å². The van der Waals surface area contributed by atoms with Crippen molar-refractivity contribution in [1.29, 1.82) is 0 Å². The summed E-state index contributed by atoms with van der Waals surface area (Å²) in [5, 5.41) is 139. The Morgan fingerprint density at radius 1 is 0.722 bits per heavy atom. The molecule has 2 rings (SSSR count). The summed E-state index contributed by atoms with van der Waals surface area (Å²) in [6.45, 7) is 0. The Morgan fingerprint density at radius 3 is 1.67 bits per heavy atom. The maximum atomic E-state index is 11.4. The summed E-state index contributed by atoms with van der Waals surface area (Å²) in [6, 6.07) is 4.23. The smallest absolute Gasteiger partial charge is 0.308 e. The molecule has 16 heteroatoms. The van der Waals surface area contributed by atoms with Crippen LogP contribution in [0, 0.1) is 0 Å². The lowest BCUT2D eigenvalue weighted by Crippen LogP contribution is -2.49. The zero-order chi connectivity index (χ0) is 27.9. The predicted octanol–water partition coefficient (Wildman–Crippen LogP) is -2.19. The fourth-order valence-corrected chi connectivity index (χ4v) is 3.79. The van der Waals surface area contributed by atoms with Crippen molar-refractivity contribution in [2.75, 3.05) is 0 Å². The number of halogens is 1. The molecule has 2 aromatic rings. The van der Waals surface area contributed by atoms with Crippen LogP contribution in [0.25, 0.3) is 0 Å². The van der Waals surface area contributed by atoms with E-state index >= 15 is 0 Å². The van der Waals surface area contributed by atoms with Gasteiger partial charge >= 0.3 is 5.97 Å². The van der Waals surface area contributed by atoms with Crippen molar-refractivity contribution in [2.24, 2.45) is 0 Å². The molecule has 36 heavy (non-hydrogen) atoms. The lowest BCUT2D eigenvalue weighted by atomic mass is 9.91. The van der Waals surface area contributed by atoms with E-state index in [0.29, 0.717) is 0 Å². The van der Waals surface area contributed by atoms with E-state index in [4.69, 9.17) is 20.1 Å². The van der Waals surface area contributed by atoms with Crippen LogP contribution in [0.5, 0.6) is 34.5 Å². The van der Waals surface area contributed by atoms with E-state index in [1.807, 2.05) is 0 Å². The van der Waals surface area contributed by atoms with Crippen molar-refractivity contribution in [2.45, 2.75) is 46.7 Å². The standard InChI is InChI=1S/C20H25IO15/c21-10(5-6-19(30,31)32)17(27,28)7-18(29,11-12(22)14(24)16(26)15(25)13(11)23)36-9-4-2-1-3-8(9)20(33,34)35/h1-4,10,22-35H,5-7H2. The predicted molar refractivity (Wildman–Crippen MR) is 122 cm³/mol. The molecule has 0 amide bonds. The van der Waals surface area contributed by atoms with E-state index in [9.17, 15) is 56.2 Å². The average Bonchev–Trinajstić information content (AvgIpc) is 2.73. The van der Waals surface area contributed by atoms with Crippen molar-refractivity contribution in [3.63, 3.8) is 0 Å². The fourth-order valence-electron chi connectivity index (χ4n) is 3.26. The molecule has 0 saturated heterocycles. The summed E-state index contributed by atoms with van der Waals surface area (Å²) < 4.78 is 3.81. The van der Waals surface area contributed by atoms with Gasteiger partial charge in [0, 0.05) is 6.42 Å². The lowest BCUT2D eigenvalue weighted by Gasteiger charge is -2.38. The van der Waals surface area contributed by atoms with Gasteiger partial charge in [0.2, 0.25) is 23.0 Å². The van der Waals surface area contributed by atoms with Crippen molar-refractivity contribution in [3.05, 3.63) is 35.4 Å². The monoisotopic (exact) mass is 632 g/mol. The van der Waals surface area contributed by atoms with E-state index < -0.39 is 92.3 Å². The number of alkyl halides is 1. The van der Waals surface area contributed by atoms with Gasteiger partial charge in [-0.3, -0.25) is 0 Å². The van der Waals surface area contributed by atoms with Gasteiger partial charge in [0.05, 0.1) is 15.9 Å². The van der Waals surface area contributed by atoms with Crippen molar-refractivity contribution in [1.82, 2.24) is 0 Å². The van der Waals surface area contributed by atoms with Crippen LogP contribution in [-0.4, -0.2) is 87.2 Å². The molecule has 15 nitrogen and oxygen atoms in total. The van der Waals surface area contributed by atoms with Crippen LogP contribution in [0.3, 0.4) is 0 Å². The van der Waals surface area contributed by atoms with Gasteiger partial charge in [-0.25, -0.2) is 0 Å². The van der Waals surface area contributed by atoms with E-state index in [2.05, 4.69) is 0 Å². The number of para-hydroxylation sites is 1. The molecular formula is C20H25IO15. The van der Waals surface area contributed by atoms with Gasteiger partial charge in [-0.05, 0) is 18.6 Å². The number of benzene rings is 2.